The average Bonchev–Trinajstić information content (AvgIpc) is 3.20. The molecule has 4 rings (SSSR count). The number of halogens is 1. The van der Waals surface area contributed by atoms with Crippen LogP contribution in [-0.2, 0) is 11.3 Å². The Morgan fingerprint density at radius 1 is 1.27 bits per heavy atom. The van der Waals surface area contributed by atoms with Gasteiger partial charge in [-0.15, -0.1) is 0 Å². The number of carbonyl (C=O) groups is 2. The Labute approximate surface area is 189 Å². The normalized spacial score (nSPS) is 21.7. The van der Waals surface area contributed by atoms with E-state index < -0.39 is 23.5 Å². The number of ether oxygens (including phenoxy) is 2. The van der Waals surface area contributed by atoms with Gasteiger partial charge in [0.2, 0.25) is 5.43 Å². The number of benzene rings is 1. The minimum absolute atomic E-state index is 0.0511. The van der Waals surface area contributed by atoms with Crippen molar-refractivity contribution in [3.05, 3.63) is 46.5 Å². The van der Waals surface area contributed by atoms with E-state index in [9.17, 15) is 14.4 Å². The fourth-order valence-electron chi connectivity index (χ4n) is 4.79. The van der Waals surface area contributed by atoms with E-state index in [1.54, 1.807) is 17.6 Å². The molecule has 0 radical (unpaired) electrons. The van der Waals surface area contributed by atoms with Crippen LogP contribution in [0.4, 0.5) is 19.7 Å². The first kappa shape index (κ1) is 22.6. The van der Waals surface area contributed by atoms with Crippen molar-refractivity contribution in [2.24, 2.45) is 11.8 Å². The summed E-state index contributed by atoms with van der Waals surface area (Å²) in [4.78, 5) is 37.5. The first-order valence-electron chi connectivity index (χ1n) is 10.9. The predicted molar refractivity (Wildman–Crippen MR) is 119 cm³/mol. The fourth-order valence-corrected chi connectivity index (χ4v) is 4.79. The second-order valence-corrected chi connectivity index (χ2v) is 8.17. The maximum atomic E-state index is 15.2. The monoisotopic (exact) mass is 459 g/mol. The lowest BCUT2D eigenvalue weighted by Crippen LogP contribution is -2.44. The van der Waals surface area contributed by atoms with E-state index in [2.05, 4.69) is 16.1 Å². The van der Waals surface area contributed by atoms with Crippen LogP contribution >= 0.6 is 0 Å². The third-order valence-corrected chi connectivity index (χ3v) is 6.28. The van der Waals surface area contributed by atoms with Crippen molar-refractivity contribution in [3.8, 4) is 5.75 Å². The van der Waals surface area contributed by atoms with Gasteiger partial charge in [0.05, 0.1) is 29.4 Å². The molecule has 33 heavy (non-hydrogen) atoms. The van der Waals surface area contributed by atoms with Gasteiger partial charge in [0.25, 0.3) is 0 Å². The first-order chi connectivity index (χ1) is 15.8. The number of nitrogens with zero attached hydrogens (tertiary/aromatic N) is 2. The molecule has 3 atom stereocenters. The molecule has 2 aromatic rings. The number of aromatic nitrogens is 1. The molecular weight excluding hydrogens is 433 g/mol. The molecule has 1 aromatic heterocycles. The minimum Gasteiger partial charge on any atom is -0.450 e. The summed E-state index contributed by atoms with van der Waals surface area (Å²) in [6.45, 7) is 5.40. The molecule has 1 saturated heterocycles. The van der Waals surface area contributed by atoms with Gasteiger partial charge >= 0.3 is 12.2 Å². The van der Waals surface area contributed by atoms with Crippen LogP contribution in [0.5, 0.6) is 5.75 Å². The Bertz CT molecular complexity index is 1180. The van der Waals surface area contributed by atoms with Crippen molar-refractivity contribution in [3.63, 3.8) is 0 Å². The van der Waals surface area contributed by atoms with E-state index in [0.717, 1.165) is 6.07 Å². The van der Waals surface area contributed by atoms with Gasteiger partial charge in [-0.3, -0.25) is 4.79 Å². The molecule has 3 unspecified atom stereocenters. The lowest BCUT2D eigenvalue weighted by molar-refractivity contribution is 0.141. The first-order valence-corrected chi connectivity index (χ1v) is 10.9. The van der Waals surface area contributed by atoms with Crippen molar-refractivity contribution in [1.82, 2.24) is 9.88 Å². The van der Waals surface area contributed by atoms with Crippen LogP contribution in [0.3, 0.4) is 0 Å². The number of hydrogen-bond donors (Lipinski definition) is 2. The molecule has 2 heterocycles. The highest BCUT2D eigenvalue weighted by atomic mass is 19.1. The highest BCUT2D eigenvalue weighted by Crippen LogP contribution is 2.37. The van der Waals surface area contributed by atoms with Crippen molar-refractivity contribution < 1.29 is 28.6 Å². The number of hydrogen-bond acceptors (Lipinski definition) is 6. The average molecular weight is 459 g/mol. The Hall–Kier alpha value is -3.56. The molecule has 176 valence electrons. The van der Waals surface area contributed by atoms with Crippen LogP contribution in [0.1, 0.15) is 20.3 Å². The van der Waals surface area contributed by atoms with Gasteiger partial charge in [0.1, 0.15) is 5.82 Å². The molecule has 2 aliphatic rings. The zero-order chi connectivity index (χ0) is 23.7. The molecule has 9 nitrogen and oxygen atoms in total. The summed E-state index contributed by atoms with van der Waals surface area (Å²) in [5.74, 6) is -0.712. The lowest BCUT2D eigenvalue weighted by atomic mass is 9.83. The van der Waals surface area contributed by atoms with Crippen molar-refractivity contribution in [2.75, 3.05) is 24.6 Å². The Balaban J connectivity index is 1.67. The van der Waals surface area contributed by atoms with Crippen molar-refractivity contribution >= 4 is 28.8 Å². The molecule has 2 N–H and O–H groups in total. The molecule has 0 bridgehead atoms. The number of nitrogens with one attached hydrogen (secondary N) is 1. The van der Waals surface area contributed by atoms with Crippen LogP contribution < -0.4 is 20.4 Å². The molecular formula is C23H26FN3O6. The summed E-state index contributed by atoms with van der Waals surface area (Å²) >= 11 is 0. The number of rotatable bonds is 5. The number of carbonyl (C=O) groups excluding carboxylic acids is 1. The van der Waals surface area contributed by atoms with Crippen LogP contribution in [0.2, 0.25) is 0 Å². The molecule has 0 spiro atoms. The second-order valence-electron chi connectivity index (χ2n) is 8.17. The number of amides is 1. The number of alkyl carbamates (subject to hydrolysis) is 1. The SMILES string of the molecule is CCOC(=O)NC1CC=CC2CN(c3cc4c(cc3F)c(=O)c(OC(=O)O)cn4CC)CC21. The third-order valence-electron chi connectivity index (χ3n) is 6.28. The fraction of sp³-hybridized carbons (Fsp3) is 0.435. The van der Waals surface area contributed by atoms with E-state index in [1.807, 2.05) is 17.9 Å². The summed E-state index contributed by atoms with van der Waals surface area (Å²) in [7, 11) is 0. The number of fused-ring (bicyclic) bond motifs is 2. The van der Waals surface area contributed by atoms with Gasteiger partial charge in [-0.25, -0.2) is 14.0 Å². The molecule has 10 heteroatoms. The summed E-state index contributed by atoms with van der Waals surface area (Å²) in [5.41, 5.74) is 0.163. The standard InChI is InChI=1S/C23H26FN3O6/c1-3-26-12-20(33-23(30)31)21(28)14-8-16(24)19(9-18(14)26)27-10-13-6-5-7-17(15(13)11-27)25-22(29)32-4-2/h5-6,8-9,12-13,15,17H,3-4,7,10-11H2,1-2H3,(H,25,29)(H,30,31). The van der Waals surface area contributed by atoms with E-state index >= 15 is 4.39 Å². The summed E-state index contributed by atoms with van der Waals surface area (Å²) in [6, 6.07) is 2.65. The maximum absolute atomic E-state index is 15.2. The highest BCUT2D eigenvalue weighted by molar-refractivity contribution is 5.85. The number of anilines is 1. The Kier molecular flexibility index (Phi) is 6.26. The van der Waals surface area contributed by atoms with Crippen LogP contribution in [0, 0.1) is 17.7 Å². The summed E-state index contributed by atoms with van der Waals surface area (Å²) in [6.07, 6.45) is 4.06. The number of carboxylic acid groups (broad SMARTS) is 1. The Morgan fingerprint density at radius 3 is 2.76 bits per heavy atom. The van der Waals surface area contributed by atoms with Crippen molar-refractivity contribution in [1.29, 1.82) is 0 Å². The number of pyridine rings is 1. The van der Waals surface area contributed by atoms with Crippen LogP contribution in [0.15, 0.2) is 35.3 Å². The largest absolute Gasteiger partial charge is 0.511 e. The lowest BCUT2D eigenvalue weighted by Gasteiger charge is -2.29. The smallest absolute Gasteiger partial charge is 0.450 e. The predicted octanol–water partition coefficient (Wildman–Crippen LogP) is 3.34. The van der Waals surface area contributed by atoms with Gasteiger partial charge in [-0.05, 0) is 32.4 Å². The zero-order valence-corrected chi connectivity index (χ0v) is 18.4. The molecule has 1 aliphatic heterocycles. The molecule has 0 saturated carbocycles. The summed E-state index contributed by atoms with van der Waals surface area (Å²) in [5, 5.41) is 11.9. The zero-order valence-electron chi connectivity index (χ0n) is 18.4. The highest BCUT2D eigenvalue weighted by Gasteiger charge is 2.40. The van der Waals surface area contributed by atoms with Gasteiger partial charge in [-0.2, -0.15) is 0 Å². The van der Waals surface area contributed by atoms with Crippen molar-refractivity contribution in [2.45, 2.75) is 32.9 Å². The van der Waals surface area contributed by atoms with Crippen LogP contribution in [0.25, 0.3) is 10.9 Å². The van der Waals surface area contributed by atoms with E-state index in [1.165, 1.54) is 6.20 Å². The maximum Gasteiger partial charge on any atom is 0.511 e. The van der Waals surface area contributed by atoms with E-state index in [0.29, 0.717) is 37.3 Å². The van der Waals surface area contributed by atoms with Gasteiger partial charge in [-0.1, -0.05) is 12.2 Å². The van der Waals surface area contributed by atoms with Crippen LogP contribution in [-0.4, -0.2) is 47.7 Å². The quantitative estimate of drug-likeness (QED) is 0.521. The second kappa shape index (κ2) is 9.13. The molecule has 1 amide bonds. The van der Waals surface area contributed by atoms with Gasteiger partial charge in [0, 0.05) is 37.5 Å². The molecule has 1 aliphatic carbocycles. The minimum atomic E-state index is -1.61. The summed E-state index contributed by atoms with van der Waals surface area (Å²) < 4.78 is 26.5. The third kappa shape index (κ3) is 4.37. The molecule has 1 fully saturated rings. The van der Waals surface area contributed by atoms with E-state index in [4.69, 9.17) is 9.84 Å². The Morgan fingerprint density at radius 2 is 2.06 bits per heavy atom. The van der Waals surface area contributed by atoms with Gasteiger partial charge in [0.15, 0.2) is 5.75 Å². The van der Waals surface area contributed by atoms with E-state index in [-0.39, 0.29) is 35.6 Å². The van der Waals surface area contributed by atoms with Gasteiger partial charge < -0.3 is 29.4 Å². The number of aryl methyl sites for hydroxylation is 1. The topological polar surface area (TPSA) is 110 Å². The molecule has 1 aromatic carbocycles.